The fourth-order valence-electron chi connectivity index (χ4n) is 3.12. The lowest BCUT2D eigenvalue weighted by molar-refractivity contribution is -0.120. The molecule has 0 aromatic heterocycles. The molecule has 110 valence electrons. The lowest BCUT2D eigenvalue weighted by atomic mass is 9.78. The largest absolute Gasteiger partial charge is 0.314 e. The number of halogens is 2. The minimum Gasteiger partial charge on any atom is -0.314 e. The van der Waals surface area contributed by atoms with Gasteiger partial charge < -0.3 is 5.32 Å². The first kappa shape index (κ1) is 15.1. The summed E-state index contributed by atoms with van der Waals surface area (Å²) in [4.78, 5) is 12.2. The molecule has 1 saturated carbocycles. The number of hydrogen-bond acceptors (Lipinski definition) is 2. The lowest BCUT2D eigenvalue weighted by Crippen LogP contribution is -2.46. The maximum absolute atomic E-state index is 13.1. The molecule has 1 N–H and O–H groups in total. The minimum atomic E-state index is -0.631. The highest BCUT2D eigenvalue weighted by molar-refractivity contribution is 5.82. The molecule has 2 nitrogen and oxygen atoms in total. The molecule has 4 heteroatoms. The predicted molar refractivity (Wildman–Crippen MR) is 74.6 cm³/mol. The second kappa shape index (κ2) is 6.44. The third kappa shape index (κ3) is 3.85. The van der Waals surface area contributed by atoms with Crippen LogP contribution in [0.15, 0.2) is 18.2 Å². The Morgan fingerprint density at radius 3 is 2.30 bits per heavy atom. The first-order valence-corrected chi connectivity index (χ1v) is 7.19. The van der Waals surface area contributed by atoms with Gasteiger partial charge in [-0.05, 0) is 37.6 Å². The molecule has 0 atom stereocenters. The number of ketones is 1. The third-order valence-corrected chi connectivity index (χ3v) is 4.20. The number of hydrogen-bond donors (Lipinski definition) is 1. The molecule has 0 bridgehead atoms. The van der Waals surface area contributed by atoms with Crippen LogP contribution < -0.4 is 5.32 Å². The Bertz CT molecular complexity index is 461. The Labute approximate surface area is 118 Å². The van der Waals surface area contributed by atoms with Gasteiger partial charge in [0.05, 0.1) is 0 Å². The van der Waals surface area contributed by atoms with Gasteiger partial charge in [-0.3, -0.25) is 4.79 Å². The first-order chi connectivity index (χ1) is 9.53. The Morgan fingerprint density at radius 1 is 1.15 bits per heavy atom. The van der Waals surface area contributed by atoms with Gasteiger partial charge in [-0.25, -0.2) is 8.78 Å². The van der Waals surface area contributed by atoms with Gasteiger partial charge in [0, 0.05) is 24.4 Å². The van der Waals surface area contributed by atoms with E-state index in [1.54, 1.807) is 0 Å². The summed E-state index contributed by atoms with van der Waals surface area (Å²) >= 11 is 0. The molecule has 1 aromatic carbocycles. The van der Waals surface area contributed by atoms with Crippen molar-refractivity contribution in [2.45, 2.75) is 50.5 Å². The van der Waals surface area contributed by atoms with E-state index in [9.17, 15) is 13.6 Å². The molecule has 1 fully saturated rings. The molecular weight excluding hydrogens is 260 g/mol. The van der Waals surface area contributed by atoms with Crippen LogP contribution in [0.2, 0.25) is 0 Å². The summed E-state index contributed by atoms with van der Waals surface area (Å²) in [6.45, 7) is 0. The monoisotopic (exact) mass is 281 g/mol. The lowest BCUT2D eigenvalue weighted by Gasteiger charge is -2.36. The van der Waals surface area contributed by atoms with Crippen molar-refractivity contribution in [2.75, 3.05) is 7.05 Å². The van der Waals surface area contributed by atoms with Crippen molar-refractivity contribution in [3.63, 3.8) is 0 Å². The number of rotatable bonds is 5. The molecule has 0 amide bonds. The van der Waals surface area contributed by atoms with Gasteiger partial charge in [0.25, 0.3) is 0 Å². The molecule has 1 aromatic rings. The molecule has 0 radical (unpaired) electrons. The Hall–Kier alpha value is -1.29. The quantitative estimate of drug-likeness (QED) is 0.896. The van der Waals surface area contributed by atoms with Crippen molar-refractivity contribution in [2.24, 2.45) is 0 Å². The molecule has 20 heavy (non-hydrogen) atoms. The second-order valence-corrected chi connectivity index (χ2v) is 5.76. The zero-order chi connectivity index (χ0) is 14.6. The van der Waals surface area contributed by atoms with Gasteiger partial charge in [0.1, 0.15) is 17.4 Å². The molecule has 0 spiro atoms. The number of nitrogens with one attached hydrogen (secondary N) is 1. The molecule has 0 unspecified atom stereocenters. The molecule has 1 aliphatic rings. The molecule has 1 aliphatic carbocycles. The normalized spacial score (nSPS) is 17.9. The Morgan fingerprint density at radius 2 is 1.75 bits per heavy atom. The summed E-state index contributed by atoms with van der Waals surface area (Å²) in [5.74, 6) is -1.23. The summed E-state index contributed by atoms with van der Waals surface area (Å²) < 4.78 is 26.2. The van der Waals surface area contributed by atoms with E-state index in [4.69, 9.17) is 0 Å². The van der Waals surface area contributed by atoms with Crippen LogP contribution >= 0.6 is 0 Å². The average Bonchev–Trinajstić information content (AvgIpc) is 2.38. The zero-order valence-electron chi connectivity index (χ0n) is 11.8. The third-order valence-electron chi connectivity index (χ3n) is 4.20. The van der Waals surface area contributed by atoms with E-state index in [0.717, 1.165) is 31.7 Å². The first-order valence-electron chi connectivity index (χ1n) is 7.19. The van der Waals surface area contributed by atoms with Crippen LogP contribution in [0.5, 0.6) is 0 Å². The number of carbonyl (C=O) groups is 1. The van der Waals surface area contributed by atoms with E-state index in [-0.39, 0.29) is 17.7 Å². The van der Waals surface area contributed by atoms with E-state index < -0.39 is 11.6 Å². The van der Waals surface area contributed by atoms with Crippen LogP contribution in [0.3, 0.4) is 0 Å². The van der Waals surface area contributed by atoms with Crippen molar-refractivity contribution in [1.29, 1.82) is 0 Å². The average molecular weight is 281 g/mol. The van der Waals surface area contributed by atoms with Crippen LogP contribution in [0.1, 0.15) is 44.1 Å². The summed E-state index contributed by atoms with van der Waals surface area (Å²) in [7, 11) is 1.89. The van der Waals surface area contributed by atoms with Crippen molar-refractivity contribution in [3.05, 3.63) is 35.4 Å². The number of Topliss-reactive ketones (excluding diaryl/α,β-unsaturated/α-hetero) is 1. The van der Waals surface area contributed by atoms with E-state index in [1.165, 1.54) is 18.6 Å². The van der Waals surface area contributed by atoms with Gasteiger partial charge in [0.2, 0.25) is 0 Å². The van der Waals surface area contributed by atoms with Crippen molar-refractivity contribution < 1.29 is 13.6 Å². The van der Waals surface area contributed by atoms with Gasteiger partial charge in [-0.2, -0.15) is 0 Å². The fourth-order valence-corrected chi connectivity index (χ4v) is 3.12. The van der Waals surface area contributed by atoms with Gasteiger partial charge in [-0.15, -0.1) is 0 Å². The highest BCUT2D eigenvalue weighted by atomic mass is 19.1. The second-order valence-electron chi connectivity index (χ2n) is 5.76. The van der Waals surface area contributed by atoms with Crippen LogP contribution in [0.25, 0.3) is 0 Å². The minimum absolute atomic E-state index is 0.0336. The maximum atomic E-state index is 13.1. The molecule has 0 aliphatic heterocycles. The number of benzene rings is 1. The highest BCUT2D eigenvalue weighted by Gasteiger charge is 2.32. The van der Waals surface area contributed by atoms with Crippen LogP contribution in [0, 0.1) is 11.6 Å². The van der Waals surface area contributed by atoms with Crippen molar-refractivity contribution >= 4 is 5.78 Å². The maximum Gasteiger partial charge on any atom is 0.139 e. The van der Waals surface area contributed by atoms with Gasteiger partial charge in [0.15, 0.2) is 0 Å². The zero-order valence-corrected chi connectivity index (χ0v) is 11.8. The highest BCUT2D eigenvalue weighted by Crippen LogP contribution is 2.31. The summed E-state index contributed by atoms with van der Waals surface area (Å²) in [6.07, 6.45) is 5.98. The fraction of sp³-hybridized carbons (Fsp3) is 0.562. The Balaban J connectivity index is 2.00. The summed E-state index contributed by atoms with van der Waals surface area (Å²) in [5, 5.41) is 3.29. The van der Waals surface area contributed by atoms with Crippen LogP contribution in [-0.4, -0.2) is 18.4 Å². The molecule has 0 saturated heterocycles. The summed E-state index contributed by atoms with van der Waals surface area (Å²) in [6, 6.07) is 3.28. The van der Waals surface area contributed by atoms with E-state index in [0.29, 0.717) is 12.0 Å². The van der Waals surface area contributed by atoms with E-state index >= 15 is 0 Å². The Kier molecular flexibility index (Phi) is 4.86. The standard InChI is InChI=1S/C16H21F2NO/c1-19-16(5-3-2-4-6-16)11-15(20)9-12-7-13(17)10-14(18)8-12/h7-8,10,19H,2-6,9,11H2,1H3. The molecule has 2 rings (SSSR count). The smallest absolute Gasteiger partial charge is 0.139 e. The topological polar surface area (TPSA) is 29.1 Å². The van der Waals surface area contributed by atoms with E-state index in [1.807, 2.05) is 7.05 Å². The summed E-state index contributed by atoms with van der Waals surface area (Å²) in [5.41, 5.74) is 0.288. The number of carbonyl (C=O) groups excluding carboxylic acids is 1. The van der Waals surface area contributed by atoms with E-state index in [2.05, 4.69) is 5.32 Å². The van der Waals surface area contributed by atoms with Crippen LogP contribution in [0.4, 0.5) is 8.78 Å². The van der Waals surface area contributed by atoms with Crippen LogP contribution in [-0.2, 0) is 11.2 Å². The predicted octanol–water partition coefficient (Wildman–Crippen LogP) is 3.39. The molecular formula is C16H21F2NO. The van der Waals surface area contributed by atoms with Gasteiger partial charge >= 0.3 is 0 Å². The van der Waals surface area contributed by atoms with Gasteiger partial charge in [-0.1, -0.05) is 19.3 Å². The SMILES string of the molecule is CNC1(CC(=O)Cc2cc(F)cc(F)c2)CCCCC1. The van der Waals surface area contributed by atoms with Crippen molar-refractivity contribution in [1.82, 2.24) is 5.32 Å². The van der Waals surface area contributed by atoms with Crippen molar-refractivity contribution in [3.8, 4) is 0 Å². The molecule has 0 heterocycles.